The Morgan fingerprint density at radius 2 is 1.01 bits per heavy atom. The molecule has 13 heteroatoms. The van der Waals surface area contributed by atoms with Crippen LogP contribution >= 0.6 is 0 Å². The van der Waals surface area contributed by atoms with E-state index in [0.717, 1.165) is 70.6 Å². The van der Waals surface area contributed by atoms with Crippen molar-refractivity contribution in [1.29, 1.82) is 0 Å². The minimum Gasteiger partial charge on any atom is -0.457 e. The lowest BCUT2D eigenvalue weighted by Crippen LogP contribution is -2.60. The van der Waals surface area contributed by atoms with Crippen LogP contribution in [0.5, 0.6) is 0 Å². The lowest BCUT2D eigenvalue weighted by atomic mass is 9.99. The first-order valence-corrected chi connectivity index (χ1v) is 27.4. The van der Waals surface area contributed by atoms with E-state index in [1.165, 1.54) is 83.5 Å². The largest absolute Gasteiger partial charge is 0.457 e. The molecule has 1 rings (SSSR count). The number of hydrogen-bond acceptors (Lipinski definition) is 11. The van der Waals surface area contributed by atoms with E-state index in [9.17, 15) is 33.1 Å². The third-order valence-corrected chi connectivity index (χ3v) is 11.7. The number of aliphatic hydroxyl groups excluding tert-OH is 3. The molecule has 6 unspecified atom stereocenters. The van der Waals surface area contributed by atoms with Gasteiger partial charge in [0.1, 0.15) is 30.5 Å². The number of carbonyl (C=O) groups excluding carboxylic acids is 1. The zero-order chi connectivity index (χ0) is 49.6. The van der Waals surface area contributed by atoms with Gasteiger partial charge >= 0.3 is 16.4 Å². The van der Waals surface area contributed by atoms with Crippen LogP contribution in [0.3, 0.4) is 0 Å². The van der Waals surface area contributed by atoms with Crippen molar-refractivity contribution in [1.82, 2.24) is 0 Å². The molecule has 0 aromatic carbocycles. The number of hydrogen-bond donors (Lipinski definition) is 4. The van der Waals surface area contributed by atoms with E-state index in [2.05, 4.69) is 103 Å². The highest BCUT2D eigenvalue weighted by Crippen LogP contribution is 2.26. The van der Waals surface area contributed by atoms with Crippen molar-refractivity contribution in [2.45, 2.75) is 218 Å². The molecular formula is C55H92O12S. The second-order valence-corrected chi connectivity index (χ2v) is 18.4. The van der Waals surface area contributed by atoms with Gasteiger partial charge in [0.15, 0.2) is 6.29 Å². The molecule has 1 saturated heterocycles. The summed E-state index contributed by atoms with van der Waals surface area (Å²) >= 11 is 0. The fraction of sp³-hybridized carbons (Fsp3) is 0.691. The molecule has 1 aliphatic rings. The number of carbonyl (C=O) groups is 1. The van der Waals surface area contributed by atoms with Crippen molar-refractivity contribution in [3.63, 3.8) is 0 Å². The normalized spacial score (nSPS) is 20.1. The molecule has 0 aromatic heterocycles. The second kappa shape index (κ2) is 45.2. The van der Waals surface area contributed by atoms with Gasteiger partial charge in [-0.3, -0.25) is 9.35 Å². The number of unbranched alkanes of at least 4 members (excludes halogenated alkanes) is 15. The maximum absolute atomic E-state index is 12.9. The molecule has 390 valence electrons. The SMILES string of the molecule is CC/C=C\C/C=C\C/C=C\C/C=C\C/C=C\C/C=C\CCC(=O)OC(COCCCCCCCCCCCC/C=C\C/C=C\CCCCCCC)COC1OC(CO)C(O)C(OS(=O)(=O)O)C1O. The second-order valence-electron chi connectivity index (χ2n) is 17.4. The summed E-state index contributed by atoms with van der Waals surface area (Å²) in [4.78, 5) is 12.9. The Hall–Kier alpha value is -2.98. The molecule has 12 nitrogen and oxygen atoms in total. The van der Waals surface area contributed by atoms with Crippen LogP contribution in [0.25, 0.3) is 0 Å². The Balaban J connectivity index is 2.41. The third-order valence-electron chi connectivity index (χ3n) is 11.2. The Bertz CT molecular complexity index is 1550. The molecule has 0 aromatic rings. The van der Waals surface area contributed by atoms with Crippen LogP contribution < -0.4 is 0 Å². The summed E-state index contributed by atoms with van der Waals surface area (Å²) in [6, 6.07) is 0. The van der Waals surface area contributed by atoms with E-state index in [1.807, 2.05) is 12.2 Å². The summed E-state index contributed by atoms with van der Waals surface area (Å²) in [6.07, 6.45) is 53.1. The fourth-order valence-corrected chi connectivity index (χ4v) is 7.83. The molecule has 0 radical (unpaired) electrons. The van der Waals surface area contributed by atoms with Gasteiger partial charge in [0.2, 0.25) is 0 Å². The van der Waals surface area contributed by atoms with E-state index in [-0.39, 0.29) is 19.6 Å². The predicted octanol–water partition coefficient (Wildman–Crippen LogP) is 12.2. The average molecular weight is 977 g/mol. The summed E-state index contributed by atoms with van der Waals surface area (Å²) in [5.74, 6) is -0.484. The molecule has 1 fully saturated rings. The Labute approximate surface area is 412 Å². The average Bonchev–Trinajstić information content (AvgIpc) is 3.31. The van der Waals surface area contributed by atoms with Crippen molar-refractivity contribution in [3.8, 4) is 0 Å². The van der Waals surface area contributed by atoms with Crippen LogP contribution in [-0.4, -0.2) is 97.5 Å². The minimum absolute atomic E-state index is 0.00242. The summed E-state index contributed by atoms with van der Waals surface area (Å²) in [5, 5.41) is 30.8. The summed E-state index contributed by atoms with van der Waals surface area (Å²) in [6.45, 7) is 3.76. The topological polar surface area (TPSA) is 178 Å². The highest BCUT2D eigenvalue weighted by Gasteiger charge is 2.48. The molecule has 0 spiro atoms. The highest BCUT2D eigenvalue weighted by molar-refractivity contribution is 7.80. The van der Waals surface area contributed by atoms with Crippen LogP contribution in [0, 0.1) is 0 Å². The molecule has 1 aliphatic heterocycles. The van der Waals surface area contributed by atoms with Crippen LogP contribution in [0.1, 0.15) is 181 Å². The molecule has 4 N–H and O–H groups in total. The van der Waals surface area contributed by atoms with Crippen molar-refractivity contribution in [3.05, 3.63) is 97.2 Å². The number of allylic oxidation sites excluding steroid dienone is 16. The zero-order valence-corrected chi connectivity index (χ0v) is 42.7. The van der Waals surface area contributed by atoms with Gasteiger partial charge in [-0.2, -0.15) is 8.42 Å². The molecular weight excluding hydrogens is 885 g/mol. The highest BCUT2D eigenvalue weighted by atomic mass is 32.3. The van der Waals surface area contributed by atoms with Gasteiger partial charge in [-0.15, -0.1) is 0 Å². The Kier molecular flexibility index (Phi) is 41.9. The van der Waals surface area contributed by atoms with Crippen LogP contribution in [0.15, 0.2) is 97.2 Å². The quantitative estimate of drug-likeness (QED) is 0.0197. The number of aliphatic hydroxyl groups is 3. The van der Waals surface area contributed by atoms with Crippen LogP contribution in [-0.2, 0) is 38.3 Å². The van der Waals surface area contributed by atoms with Gasteiger partial charge in [-0.1, -0.05) is 188 Å². The minimum atomic E-state index is -5.08. The maximum atomic E-state index is 12.9. The van der Waals surface area contributed by atoms with E-state index in [4.69, 9.17) is 18.9 Å². The molecule has 68 heavy (non-hydrogen) atoms. The maximum Gasteiger partial charge on any atom is 0.397 e. The molecule has 1 heterocycles. The first kappa shape index (κ1) is 63.0. The fourth-order valence-electron chi connectivity index (χ4n) is 7.32. The summed E-state index contributed by atoms with van der Waals surface area (Å²) < 4.78 is 59.2. The molecule has 0 amide bonds. The van der Waals surface area contributed by atoms with E-state index in [1.54, 1.807) is 0 Å². The van der Waals surface area contributed by atoms with Gasteiger partial charge < -0.3 is 34.3 Å². The number of rotatable bonds is 44. The van der Waals surface area contributed by atoms with Crippen molar-refractivity contribution in [2.75, 3.05) is 26.4 Å². The van der Waals surface area contributed by atoms with E-state index >= 15 is 0 Å². The van der Waals surface area contributed by atoms with Gasteiger partial charge in [-0.05, 0) is 83.5 Å². The summed E-state index contributed by atoms with van der Waals surface area (Å²) in [7, 11) is -5.08. The van der Waals surface area contributed by atoms with Gasteiger partial charge in [0, 0.05) is 13.0 Å². The number of ether oxygens (including phenoxy) is 4. The van der Waals surface area contributed by atoms with Crippen molar-refractivity contribution >= 4 is 16.4 Å². The standard InChI is InChI=1S/C55H92O12S/c1-3-5-7-9-11-13-15-17-19-21-23-24-25-27-29-31-33-35-37-39-41-43-45-63-47-49(48-64-55-53(59)54(67-68(60,61)62)52(58)50(46-56)66-55)65-51(57)44-42-40-38-36-34-32-30-28-26-22-20-18-16-14-12-10-8-6-4-2/h6,8,12,14-15,17-18,20-21,23,26,28,32,34,38,40,49-50,52-56,58-59H,3-5,7,9-11,13,16,19,22,24-25,27,29-31,33,35-37,39,41-48H2,1-2H3,(H,60,61,62)/b8-6-,14-12-,17-15-,20-18-,23-21-,28-26-,34-32-,40-38-. The van der Waals surface area contributed by atoms with Gasteiger partial charge in [0.25, 0.3) is 0 Å². The molecule has 0 bridgehead atoms. The molecule has 0 saturated carbocycles. The third kappa shape index (κ3) is 37.9. The first-order valence-electron chi connectivity index (χ1n) is 26.0. The Morgan fingerprint density at radius 3 is 1.49 bits per heavy atom. The monoisotopic (exact) mass is 977 g/mol. The lowest BCUT2D eigenvalue weighted by molar-refractivity contribution is -0.301. The van der Waals surface area contributed by atoms with Gasteiger partial charge in [0.05, 0.1) is 19.8 Å². The zero-order valence-electron chi connectivity index (χ0n) is 41.9. The predicted molar refractivity (Wildman–Crippen MR) is 275 cm³/mol. The smallest absolute Gasteiger partial charge is 0.397 e. The van der Waals surface area contributed by atoms with Crippen molar-refractivity contribution < 1.29 is 56.2 Å². The van der Waals surface area contributed by atoms with Crippen LogP contribution in [0.2, 0.25) is 0 Å². The van der Waals surface area contributed by atoms with Crippen LogP contribution in [0.4, 0.5) is 0 Å². The van der Waals surface area contributed by atoms with E-state index < -0.39 is 59.8 Å². The summed E-state index contributed by atoms with van der Waals surface area (Å²) in [5.41, 5.74) is 0. The molecule has 0 aliphatic carbocycles. The number of esters is 1. The Morgan fingerprint density at radius 1 is 0.574 bits per heavy atom. The van der Waals surface area contributed by atoms with E-state index in [0.29, 0.717) is 13.0 Å². The van der Waals surface area contributed by atoms with Crippen molar-refractivity contribution in [2.24, 2.45) is 0 Å². The first-order chi connectivity index (χ1) is 33.1. The van der Waals surface area contributed by atoms with Gasteiger partial charge in [-0.25, -0.2) is 4.18 Å². The lowest BCUT2D eigenvalue weighted by Gasteiger charge is -2.41. The molecule has 6 atom stereocenters.